The molecule has 152 valence electrons. The van der Waals surface area contributed by atoms with E-state index < -0.39 is 16.8 Å². The molecule has 0 fully saturated rings. The number of fused-ring (bicyclic) bond motifs is 1. The van der Waals surface area contributed by atoms with Crippen LogP contribution in [0, 0.1) is 0 Å². The molecule has 2 nitrogen and oxygen atoms in total. The van der Waals surface area contributed by atoms with E-state index in [1.165, 1.54) is 0 Å². The molecule has 1 heterocycles. The minimum atomic E-state index is -3.35. The van der Waals surface area contributed by atoms with Crippen molar-refractivity contribution >= 4 is 23.8 Å². The van der Waals surface area contributed by atoms with Gasteiger partial charge in [0.1, 0.15) is 0 Å². The fraction of sp³-hybridized carbons (Fsp3) is 0.160. The molecule has 0 spiro atoms. The number of hydrogen-bond acceptors (Lipinski definition) is 3. The van der Waals surface area contributed by atoms with Gasteiger partial charge in [0, 0.05) is 16.9 Å². The largest absolute Gasteiger partial charge is 0.443 e. The predicted molar refractivity (Wildman–Crippen MR) is 115 cm³/mol. The zero-order valence-corrected chi connectivity index (χ0v) is 16.9. The molecule has 0 amide bonds. The maximum absolute atomic E-state index is 15.7. The Morgan fingerprint density at radius 1 is 0.900 bits per heavy atom. The zero-order chi connectivity index (χ0) is 21.0. The maximum Gasteiger partial charge on any atom is 0.341 e. The van der Waals surface area contributed by atoms with Gasteiger partial charge in [-0.25, -0.2) is 4.79 Å². The van der Waals surface area contributed by atoms with Crippen LogP contribution in [0.2, 0.25) is 0 Å². The highest BCUT2D eigenvalue weighted by molar-refractivity contribution is 8.00. The Kier molecular flexibility index (Phi) is 5.73. The average molecular weight is 422 g/mol. The van der Waals surface area contributed by atoms with Crippen LogP contribution in [0.25, 0.3) is 6.08 Å². The summed E-state index contributed by atoms with van der Waals surface area (Å²) in [5.74, 6) is -0.703. The van der Waals surface area contributed by atoms with Crippen molar-refractivity contribution in [2.75, 3.05) is 0 Å². The van der Waals surface area contributed by atoms with Gasteiger partial charge in [0.25, 0.3) is 0 Å². The molecule has 0 bridgehead atoms. The van der Waals surface area contributed by atoms with Crippen LogP contribution in [0.4, 0.5) is 8.78 Å². The third-order valence-corrected chi connectivity index (χ3v) is 6.18. The van der Waals surface area contributed by atoms with Crippen LogP contribution in [0.1, 0.15) is 34.3 Å². The summed E-state index contributed by atoms with van der Waals surface area (Å²) >= 11 is 0.427. The monoisotopic (exact) mass is 422 g/mol. The molecule has 5 heteroatoms. The Labute approximate surface area is 178 Å². The van der Waals surface area contributed by atoms with Crippen LogP contribution < -0.4 is 0 Å². The van der Waals surface area contributed by atoms with Gasteiger partial charge in [0.15, 0.2) is 0 Å². The lowest BCUT2D eigenvalue weighted by Crippen LogP contribution is -2.43. The quantitative estimate of drug-likeness (QED) is 0.305. The van der Waals surface area contributed by atoms with E-state index in [2.05, 4.69) is 0 Å². The third-order valence-electron chi connectivity index (χ3n) is 5.08. The number of benzene rings is 3. The molecular formula is C25H20F2O2S. The molecule has 30 heavy (non-hydrogen) atoms. The first-order chi connectivity index (χ1) is 14.5. The number of cyclic esters (lactones) is 1. The molecule has 1 aliphatic heterocycles. The van der Waals surface area contributed by atoms with Crippen molar-refractivity contribution in [1.29, 1.82) is 0 Å². The first kappa shape index (κ1) is 20.4. The molecule has 0 N–H and O–H groups in total. The predicted octanol–water partition coefficient (Wildman–Crippen LogP) is 6.93. The van der Waals surface area contributed by atoms with Gasteiger partial charge in [-0.05, 0) is 41.9 Å². The van der Waals surface area contributed by atoms with Crippen molar-refractivity contribution in [3.05, 3.63) is 108 Å². The minimum absolute atomic E-state index is 0.0219. The summed E-state index contributed by atoms with van der Waals surface area (Å²) in [4.78, 5) is 12.9. The summed E-state index contributed by atoms with van der Waals surface area (Å²) < 4.78 is 36.9. The van der Waals surface area contributed by atoms with E-state index in [4.69, 9.17) is 4.74 Å². The first-order valence-electron chi connectivity index (χ1n) is 9.68. The second-order valence-electron chi connectivity index (χ2n) is 7.05. The molecule has 4 rings (SSSR count). The molecular weight excluding hydrogens is 402 g/mol. The molecule has 1 aliphatic rings. The van der Waals surface area contributed by atoms with E-state index in [0.717, 1.165) is 5.56 Å². The fourth-order valence-corrected chi connectivity index (χ4v) is 4.63. The average Bonchev–Trinajstić information content (AvgIpc) is 3.06. The summed E-state index contributed by atoms with van der Waals surface area (Å²) in [7, 11) is 0. The molecule has 0 radical (unpaired) electrons. The van der Waals surface area contributed by atoms with Crippen molar-refractivity contribution in [3.8, 4) is 0 Å². The smallest absolute Gasteiger partial charge is 0.341 e. The van der Waals surface area contributed by atoms with Gasteiger partial charge in [0.2, 0.25) is 5.60 Å². The highest BCUT2D eigenvalue weighted by Crippen LogP contribution is 2.56. The maximum atomic E-state index is 15.7. The van der Waals surface area contributed by atoms with Crippen molar-refractivity contribution in [1.82, 2.24) is 0 Å². The molecule has 0 saturated heterocycles. The Morgan fingerprint density at radius 2 is 1.53 bits per heavy atom. The van der Waals surface area contributed by atoms with Crippen LogP contribution in [0.3, 0.4) is 0 Å². The van der Waals surface area contributed by atoms with Crippen LogP contribution in [-0.2, 0) is 10.3 Å². The number of halogens is 2. The second kappa shape index (κ2) is 8.44. The number of carbonyl (C=O) groups excluding carboxylic acids is 1. The van der Waals surface area contributed by atoms with E-state index in [1.54, 1.807) is 54.6 Å². The molecule has 1 unspecified atom stereocenters. The van der Waals surface area contributed by atoms with Crippen LogP contribution in [0.15, 0.2) is 95.9 Å². The normalized spacial score (nSPS) is 18.4. The molecule has 3 aromatic carbocycles. The van der Waals surface area contributed by atoms with Crippen molar-refractivity contribution in [2.24, 2.45) is 0 Å². The molecule has 1 atom stereocenters. The lowest BCUT2D eigenvalue weighted by Gasteiger charge is -2.35. The Morgan fingerprint density at radius 3 is 2.27 bits per heavy atom. The molecule has 0 aromatic heterocycles. The van der Waals surface area contributed by atoms with Crippen LogP contribution in [-0.4, -0.2) is 11.2 Å². The summed E-state index contributed by atoms with van der Waals surface area (Å²) in [6.45, 7) is 0. The first-order valence-corrected chi connectivity index (χ1v) is 10.5. The summed E-state index contributed by atoms with van der Waals surface area (Å²) in [6.07, 6.45) is 4.04. The molecule has 0 aliphatic carbocycles. The van der Waals surface area contributed by atoms with Gasteiger partial charge in [-0.1, -0.05) is 78.9 Å². The van der Waals surface area contributed by atoms with Crippen LogP contribution in [0.5, 0.6) is 0 Å². The second-order valence-corrected chi connectivity index (χ2v) is 8.23. The van der Waals surface area contributed by atoms with Crippen molar-refractivity contribution < 1.29 is 18.3 Å². The third kappa shape index (κ3) is 3.90. The lowest BCUT2D eigenvalue weighted by molar-refractivity contribution is -0.129. The van der Waals surface area contributed by atoms with Gasteiger partial charge in [-0.15, -0.1) is 0 Å². The SMILES string of the molecule is O=C1OC(CC/C=C/c2ccccc2)(C(F)(F)Sc2ccccc2)c2ccccc21. The highest BCUT2D eigenvalue weighted by Gasteiger charge is 2.62. The van der Waals surface area contributed by atoms with E-state index in [-0.39, 0.29) is 17.5 Å². The Balaban J connectivity index is 1.66. The number of ether oxygens (including phenoxy) is 1. The number of carbonyl (C=O) groups is 1. The van der Waals surface area contributed by atoms with E-state index in [1.807, 2.05) is 42.5 Å². The van der Waals surface area contributed by atoms with Crippen LogP contribution >= 0.6 is 11.8 Å². The minimum Gasteiger partial charge on any atom is -0.443 e. The summed E-state index contributed by atoms with van der Waals surface area (Å²) in [6, 6.07) is 24.5. The number of esters is 1. The summed E-state index contributed by atoms with van der Waals surface area (Å²) in [5, 5.41) is -3.35. The standard InChI is InChI=1S/C25H20F2O2S/c26-25(27,30-20-14-5-2-6-15-20)24(18-10-9-13-19-11-3-1-4-12-19)22-17-8-7-16-21(22)23(28)29-24/h1-9,11-17H,10,18H2/b13-9+. The molecule has 0 saturated carbocycles. The van der Waals surface area contributed by atoms with Gasteiger partial charge < -0.3 is 4.74 Å². The molecule has 3 aromatic rings. The van der Waals surface area contributed by atoms with Crippen molar-refractivity contribution in [3.63, 3.8) is 0 Å². The van der Waals surface area contributed by atoms with E-state index in [9.17, 15) is 4.79 Å². The Bertz CT molecular complexity index is 1050. The highest BCUT2D eigenvalue weighted by atomic mass is 32.2. The van der Waals surface area contributed by atoms with Crippen molar-refractivity contribution in [2.45, 2.75) is 28.6 Å². The van der Waals surface area contributed by atoms with Gasteiger partial charge >= 0.3 is 11.2 Å². The lowest BCUT2D eigenvalue weighted by atomic mass is 9.88. The fourth-order valence-electron chi connectivity index (χ4n) is 3.62. The zero-order valence-electron chi connectivity index (χ0n) is 16.1. The Hall–Kier alpha value is -2.92. The topological polar surface area (TPSA) is 26.3 Å². The summed E-state index contributed by atoms with van der Waals surface area (Å²) in [5.41, 5.74) is -0.586. The number of rotatable bonds is 7. The van der Waals surface area contributed by atoms with Gasteiger partial charge in [-0.2, -0.15) is 8.78 Å². The number of alkyl halides is 2. The van der Waals surface area contributed by atoms with E-state index in [0.29, 0.717) is 23.1 Å². The van der Waals surface area contributed by atoms with E-state index >= 15 is 8.78 Å². The number of thioether (sulfide) groups is 1. The number of hydrogen-bond donors (Lipinski definition) is 0. The van der Waals surface area contributed by atoms with Gasteiger partial charge in [-0.3, -0.25) is 0 Å². The number of allylic oxidation sites excluding steroid dienone is 1. The van der Waals surface area contributed by atoms with Gasteiger partial charge in [0.05, 0.1) is 5.56 Å².